The van der Waals surface area contributed by atoms with Crippen molar-refractivity contribution in [3.8, 4) is 5.69 Å². The number of carbonyl (C=O) groups is 1. The molecule has 0 bridgehead atoms. The van der Waals surface area contributed by atoms with Gasteiger partial charge in [-0.05, 0) is 14.0 Å². The molecule has 0 radical (unpaired) electrons. The Hall–Kier alpha value is -3.08. The summed E-state index contributed by atoms with van der Waals surface area (Å²) >= 11 is 0. The molecule has 1 aliphatic heterocycles. The number of aromatic nitrogens is 3. The summed E-state index contributed by atoms with van der Waals surface area (Å²) in [5.41, 5.74) is -0.702. The van der Waals surface area contributed by atoms with Crippen LogP contribution in [0.1, 0.15) is 17.4 Å². The lowest BCUT2D eigenvalue weighted by molar-refractivity contribution is -0.384. The third-order valence-electron chi connectivity index (χ3n) is 4.50. The van der Waals surface area contributed by atoms with E-state index in [1.165, 1.54) is 0 Å². The van der Waals surface area contributed by atoms with Crippen LogP contribution in [0.2, 0.25) is 0 Å². The molecule has 1 aromatic carbocycles. The second kappa shape index (κ2) is 6.67. The van der Waals surface area contributed by atoms with Gasteiger partial charge in [0.25, 0.3) is 5.69 Å². The Bertz CT molecular complexity index is 870. The summed E-state index contributed by atoms with van der Waals surface area (Å²) in [7, 11) is 1.96. The molecule has 1 fully saturated rings. The average Bonchev–Trinajstić information content (AvgIpc) is 3.07. The lowest BCUT2D eigenvalue weighted by Gasteiger charge is -2.38. The number of nitro groups is 1. The van der Waals surface area contributed by atoms with E-state index >= 15 is 0 Å². The smallest absolute Gasteiger partial charge is 0.358 e. The van der Waals surface area contributed by atoms with E-state index in [0.29, 0.717) is 19.6 Å². The molecule has 1 N–H and O–H groups in total. The zero-order valence-electron chi connectivity index (χ0n) is 14.2. The van der Waals surface area contributed by atoms with Crippen LogP contribution in [0.25, 0.3) is 5.69 Å². The number of carboxylic acids is 1. The Balaban J connectivity index is 2.03. The first kappa shape index (κ1) is 17.7. The summed E-state index contributed by atoms with van der Waals surface area (Å²) in [4.78, 5) is 25.7. The predicted octanol–water partition coefficient (Wildman–Crippen LogP) is 1.15. The number of likely N-dealkylation sites (N-methyl/N-ethyl adjacent to an activating group) is 1. The fourth-order valence-corrected chi connectivity index (χ4v) is 2.86. The van der Waals surface area contributed by atoms with Gasteiger partial charge in [0.05, 0.1) is 11.1 Å². The van der Waals surface area contributed by atoms with Crippen molar-refractivity contribution in [3.05, 3.63) is 40.0 Å². The molecule has 2 aromatic rings. The number of halogens is 1. The van der Waals surface area contributed by atoms with Crippen molar-refractivity contribution in [1.82, 2.24) is 19.9 Å². The molecule has 2 heterocycles. The molecule has 138 valence electrons. The summed E-state index contributed by atoms with van der Waals surface area (Å²) in [6, 6.07) is 2.31. The zero-order chi connectivity index (χ0) is 19.0. The van der Waals surface area contributed by atoms with Crippen LogP contribution in [-0.4, -0.2) is 68.6 Å². The molecule has 0 amide bonds. The van der Waals surface area contributed by atoms with Gasteiger partial charge in [-0.25, -0.2) is 13.9 Å². The minimum atomic E-state index is -1.32. The van der Waals surface area contributed by atoms with Crippen LogP contribution in [0.3, 0.4) is 0 Å². The van der Waals surface area contributed by atoms with Crippen molar-refractivity contribution in [3.63, 3.8) is 0 Å². The maximum Gasteiger partial charge on any atom is 0.358 e. The molecule has 1 aromatic heterocycles. The number of hydrogen-bond acceptors (Lipinski definition) is 7. The van der Waals surface area contributed by atoms with E-state index in [4.69, 9.17) is 5.11 Å². The van der Waals surface area contributed by atoms with Crippen LogP contribution in [-0.2, 0) is 0 Å². The maximum absolute atomic E-state index is 14.6. The van der Waals surface area contributed by atoms with E-state index in [2.05, 4.69) is 15.2 Å². The van der Waals surface area contributed by atoms with Crippen LogP contribution in [0.4, 0.5) is 15.8 Å². The molecule has 0 spiro atoms. The molecule has 0 aliphatic carbocycles. The lowest BCUT2D eigenvalue weighted by atomic mass is 10.1. The minimum absolute atomic E-state index is 0.166. The van der Waals surface area contributed by atoms with Crippen LogP contribution in [0.5, 0.6) is 0 Å². The number of piperazine rings is 1. The Morgan fingerprint density at radius 1 is 1.38 bits per heavy atom. The number of carboxylic acid groups (broad SMARTS) is 1. The first-order valence-corrected chi connectivity index (χ1v) is 7.87. The van der Waals surface area contributed by atoms with Gasteiger partial charge in [-0.3, -0.25) is 10.1 Å². The Morgan fingerprint density at radius 2 is 2.12 bits per heavy atom. The third-order valence-corrected chi connectivity index (χ3v) is 4.50. The van der Waals surface area contributed by atoms with Crippen molar-refractivity contribution >= 4 is 17.3 Å². The highest BCUT2D eigenvalue weighted by atomic mass is 19.1. The highest BCUT2D eigenvalue weighted by Gasteiger charge is 2.28. The summed E-state index contributed by atoms with van der Waals surface area (Å²) < 4.78 is 15.5. The van der Waals surface area contributed by atoms with Gasteiger partial charge in [-0.15, -0.1) is 5.10 Å². The molecule has 1 unspecified atom stereocenters. The van der Waals surface area contributed by atoms with Gasteiger partial charge in [-0.1, -0.05) is 5.21 Å². The Kier molecular flexibility index (Phi) is 4.55. The van der Waals surface area contributed by atoms with Crippen molar-refractivity contribution in [2.75, 3.05) is 31.6 Å². The highest BCUT2D eigenvalue weighted by Crippen LogP contribution is 2.33. The van der Waals surface area contributed by atoms with Crippen molar-refractivity contribution in [1.29, 1.82) is 0 Å². The first-order valence-electron chi connectivity index (χ1n) is 7.87. The molecule has 11 heteroatoms. The molecule has 1 saturated heterocycles. The normalized spacial score (nSPS) is 18.1. The lowest BCUT2D eigenvalue weighted by Crippen LogP contribution is -2.50. The predicted molar refractivity (Wildman–Crippen MR) is 89.2 cm³/mol. The molecular formula is C15H17FN6O4. The number of nitrogens with zero attached hydrogens (tertiary/aromatic N) is 6. The van der Waals surface area contributed by atoms with Crippen LogP contribution >= 0.6 is 0 Å². The van der Waals surface area contributed by atoms with Crippen LogP contribution in [0, 0.1) is 15.9 Å². The first-order chi connectivity index (χ1) is 12.3. The van der Waals surface area contributed by atoms with Crippen molar-refractivity contribution in [2.24, 2.45) is 0 Å². The number of rotatable bonds is 4. The van der Waals surface area contributed by atoms with Gasteiger partial charge in [0, 0.05) is 37.8 Å². The third kappa shape index (κ3) is 3.20. The molecular weight excluding hydrogens is 347 g/mol. The topological polar surface area (TPSA) is 118 Å². The monoisotopic (exact) mass is 364 g/mol. The quantitative estimate of drug-likeness (QED) is 0.634. The summed E-state index contributed by atoms with van der Waals surface area (Å²) in [5.74, 6) is -2.08. The molecule has 26 heavy (non-hydrogen) atoms. The second-order valence-corrected chi connectivity index (χ2v) is 6.18. The Morgan fingerprint density at radius 3 is 2.69 bits per heavy atom. The van der Waals surface area contributed by atoms with Crippen LogP contribution in [0.15, 0.2) is 18.3 Å². The number of nitro benzene ring substituents is 1. The maximum atomic E-state index is 14.6. The standard InChI is InChI=1S/C15H17FN6O4/c1-9-7-20(4-3-19(9)2)13-5-10(16)12(6-14(13)22(25)26)21-8-11(15(23)24)17-18-21/h5-6,8-9H,3-4,7H2,1-2H3,(H,23,24). The van der Waals surface area contributed by atoms with E-state index in [1.807, 2.05) is 14.0 Å². The van der Waals surface area contributed by atoms with E-state index in [0.717, 1.165) is 23.0 Å². The largest absolute Gasteiger partial charge is 0.476 e. The molecule has 1 aliphatic rings. The van der Waals surface area contributed by atoms with Crippen molar-refractivity contribution < 1.29 is 19.2 Å². The average molecular weight is 364 g/mol. The van der Waals surface area contributed by atoms with Gasteiger partial charge < -0.3 is 14.9 Å². The van der Waals surface area contributed by atoms with E-state index < -0.39 is 16.7 Å². The fourth-order valence-electron chi connectivity index (χ4n) is 2.86. The van der Waals surface area contributed by atoms with Crippen molar-refractivity contribution in [2.45, 2.75) is 13.0 Å². The van der Waals surface area contributed by atoms with Gasteiger partial charge >= 0.3 is 5.97 Å². The second-order valence-electron chi connectivity index (χ2n) is 6.18. The van der Waals surface area contributed by atoms with E-state index in [-0.39, 0.29) is 28.8 Å². The summed E-state index contributed by atoms with van der Waals surface area (Å²) in [6.45, 7) is 3.76. The summed E-state index contributed by atoms with van der Waals surface area (Å²) in [5, 5.41) is 27.3. The summed E-state index contributed by atoms with van der Waals surface area (Å²) in [6.07, 6.45) is 1.00. The molecule has 3 rings (SSSR count). The zero-order valence-corrected chi connectivity index (χ0v) is 14.2. The minimum Gasteiger partial charge on any atom is -0.476 e. The van der Waals surface area contributed by atoms with Crippen LogP contribution < -0.4 is 4.90 Å². The molecule has 10 nitrogen and oxygen atoms in total. The fraction of sp³-hybridized carbons (Fsp3) is 0.400. The number of benzene rings is 1. The number of anilines is 1. The number of hydrogen-bond donors (Lipinski definition) is 1. The van der Waals surface area contributed by atoms with Gasteiger partial charge in [0.2, 0.25) is 0 Å². The van der Waals surface area contributed by atoms with Gasteiger partial charge in [0.15, 0.2) is 11.5 Å². The highest BCUT2D eigenvalue weighted by molar-refractivity contribution is 5.84. The van der Waals surface area contributed by atoms with Gasteiger partial charge in [0.1, 0.15) is 11.4 Å². The molecule has 1 atom stereocenters. The van der Waals surface area contributed by atoms with E-state index in [9.17, 15) is 19.3 Å². The van der Waals surface area contributed by atoms with Gasteiger partial charge in [-0.2, -0.15) is 0 Å². The number of aromatic carboxylic acids is 1. The molecule has 0 saturated carbocycles. The van der Waals surface area contributed by atoms with E-state index in [1.54, 1.807) is 4.90 Å². The Labute approximate surface area is 147 Å². The SMILES string of the molecule is CC1CN(c2cc(F)c(-n3cc(C(=O)O)nn3)cc2[N+](=O)[O-])CCN1C.